The Morgan fingerprint density at radius 2 is 1.57 bits per heavy atom. The van der Waals surface area contributed by atoms with Gasteiger partial charge in [-0.05, 0) is 49.4 Å². The number of anilines is 2. The summed E-state index contributed by atoms with van der Waals surface area (Å²) in [5.74, 6) is -1.50. The monoisotopic (exact) mass is 424 g/mol. The number of halogens is 2. The van der Waals surface area contributed by atoms with Gasteiger partial charge in [0.2, 0.25) is 11.8 Å². The molecule has 0 aromatic heterocycles. The van der Waals surface area contributed by atoms with Crippen molar-refractivity contribution in [2.45, 2.75) is 6.92 Å². The van der Waals surface area contributed by atoms with E-state index in [1.165, 1.54) is 12.1 Å². The van der Waals surface area contributed by atoms with Crippen LogP contribution in [0.15, 0.2) is 42.5 Å². The van der Waals surface area contributed by atoms with E-state index in [-0.39, 0.29) is 34.9 Å². The first-order valence-electron chi connectivity index (χ1n) is 8.28. The maximum Gasteiger partial charge on any atom is 0.338 e. The largest absolute Gasteiger partial charge is 0.462 e. The maximum atomic E-state index is 13.1. The van der Waals surface area contributed by atoms with Crippen LogP contribution in [-0.2, 0) is 14.3 Å². The molecule has 0 bridgehead atoms. The fraction of sp³-hybridized carbons (Fsp3) is 0.211. The number of amides is 2. The molecular formula is C19H18ClFN2O4S. The van der Waals surface area contributed by atoms with Crippen LogP contribution in [0.1, 0.15) is 17.3 Å². The van der Waals surface area contributed by atoms with Crippen molar-refractivity contribution in [2.75, 3.05) is 28.7 Å². The van der Waals surface area contributed by atoms with Gasteiger partial charge in [0.05, 0.1) is 28.7 Å². The summed E-state index contributed by atoms with van der Waals surface area (Å²) < 4.78 is 18.0. The molecule has 2 amide bonds. The van der Waals surface area contributed by atoms with Gasteiger partial charge in [-0.15, -0.1) is 11.8 Å². The number of carbonyl (C=O) groups is 3. The molecule has 0 unspecified atom stereocenters. The Kier molecular flexibility index (Phi) is 8.28. The van der Waals surface area contributed by atoms with Gasteiger partial charge in [-0.2, -0.15) is 0 Å². The minimum absolute atomic E-state index is 0.0458. The van der Waals surface area contributed by atoms with Crippen LogP contribution in [0.25, 0.3) is 0 Å². The van der Waals surface area contributed by atoms with Gasteiger partial charge in [0.15, 0.2) is 0 Å². The van der Waals surface area contributed by atoms with Crippen molar-refractivity contribution in [2.24, 2.45) is 0 Å². The number of thioether (sulfide) groups is 1. The second kappa shape index (κ2) is 10.7. The second-order valence-corrected chi connectivity index (χ2v) is 6.91. The average Bonchev–Trinajstić information content (AvgIpc) is 2.65. The van der Waals surface area contributed by atoms with E-state index in [0.717, 1.165) is 17.8 Å². The molecule has 0 saturated heterocycles. The fourth-order valence-corrected chi connectivity index (χ4v) is 2.91. The van der Waals surface area contributed by atoms with Gasteiger partial charge in [-0.1, -0.05) is 11.6 Å². The fourth-order valence-electron chi connectivity index (χ4n) is 2.11. The highest BCUT2D eigenvalue weighted by atomic mass is 35.5. The Labute approximate surface area is 170 Å². The molecule has 0 atom stereocenters. The summed E-state index contributed by atoms with van der Waals surface area (Å²) in [6.45, 7) is 2.01. The van der Waals surface area contributed by atoms with Crippen LogP contribution in [0, 0.1) is 5.82 Å². The molecule has 6 nitrogen and oxygen atoms in total. The van der Waals surface area contributed by atoms with Crippen LogP contribution < -0.4 is 10.6 Å². The zero-order valence-corrected chi connectivity index (χ0v) is 16.5. The second-order valence-electron chi connectivity index (χ2n) is 5.52. The van der Waals surface area contributed by atoms with Crippen LogP contribution >= 0.6 is 23.4 Å². The molecule has 2 aromatic carbocycles. The minimum Gasteiger partial charge on any atom is -0.462 e. The molecule has 0 aliphatic heterocycles. The molecular weight excluding hydrogens is 407 g/mol. The van der Waals surface area contributed by atoms with Gasteiger partial charge in [-0.3, -0.25) is 9.59 Å². The summed E-state index contributed by atoms with van der Waals surface area (Å²) in [5, 5.41) is 5.16. The Bertz CT molecular complexity index is 862. The van der Waals surface area contributed by atoms with E-state index < -0.39 is 11.8 Å². The van der Waals surface area contributed by atoms with Gasteiger partial charge in [0.25, 0.3) is 0 Å². The van der Waals surface area contributed by atoms with Crippen LogP contribution in [0.4, 0.5) is 15.8 Å². The molecule has 148 valence electrons. The highest BCUT2D eigenvalue weighted by Crippen LogP contribution is 2.19. The SMILES string of the molecule is CCOC(=O)c1ccc(NC(=O)CSCC(=O)Nc2ccc(F)c(Cl)c2)cc1. The molecule has 0 radical (unpaired) electrons. The molecule has 28 heavy (non-hydrogen) atoms. The van der Waals surface area contributed by atoms with E-state index in [0.29, 0.717) is 16.9 Å². The van der Waals surface area contributed by atoms with Crippen LogP contribution in [0.3, 0.4) is 0 Å². The topological polar surface area (TPSA) is 84.5 Å². The number of carbonyl (C=O) groups excluding carboxylic acids is 3. The lowest BCUT2D eigenvalue weighted by Crippen LogP contribution is -2.18. The number of esters is 1. The van der Waals surface area contributed by atoms with Crippen molar-refractivity contribution in [3.63, 3.8) is 0 Å². The summed E-state index contributed by atoms with van der Waals surface area (Å²) in [6.07, 6.45) is 0. The predicted octanol–water partition coefficient (Wildman–Crippen LogP) is 3.97. The standard InChI is InChI=1S/C19H18ClFN2O4S/c1-2-27-19(26)12-3-5-13(6-4-12)22-17(24)10-28-11-18(25)23-14-7-8-16(21)15(20)9-14/h3-9H,2,10-11H2,1H3,(H,22,24)(H,23,25). The van der Waals surface area contributed by atoms with E-state index in [9.17, 15) is 18.8 Å². The van der Waals surface area contributed by atoms with E-state index in [1.54, 1.807) is 31.2 Å². The van der Waals surface area contributed by atoms with Gasteiger partial charge in [-0.25, -0.2) is 9.18 Å². The van der Waals surface area contributed by atoms with Crippen molar-refractivity contribution >= 4 is 52.5 Å². The first-order valence-corrected chi connectivity index (χ1v) is 9.82. The summed E-state index contributed by atoms with van der Waals surface area (Å²) in [7, 11) is 0. The predicted molar refractivity (Wildman–Crippen MR) is 108 cm³/mol. The zero-order valence-electron chi connectivity index (χ0n) is 15.0. The number of hydrogen-bond acceptors (Lipinski definition) is 5. The molecule has 0 fully saturated rings. The third kappa shape index (κ3) is 6.86. The van der Waals surface area contributed by atoms with E-state index >= 15 is 0 Å². The lowest BCUT2D eigenvalue weighted by Gasteiger charge is -2.07. The number of benzene rings is 2. The minimum atomic E-state index is -0.569. The highest BCUT2D eigenvalue weighted by molar-refractivity contribution is 8.00. The van der Waals surface area contributed by atoms with Crippen molar-refractivity contribution in [1.82, 2.24) is 0 Å². The summed E-state index contributed by atoms with van der Waals surface area (Å²) in [6, 6.07) is 10.2. The van der Waals surface area contributed by atoms with E-state index in [1.807, 2.05) is 0 Å². The van der Waals surface area contributed by atoms with Crippen molar-refractivity contribution < 1.29 is 23.5 Å². The van der Waals surface area contributed by atoms with Crippen LogP contribution in [0.2, 0.25) is 5.02 Å². The highest BCUT2D eigenvalue weighted by Gasteiger charge is 2.09. The molecule has 0 aliphatic rings. The van der Waals surface area contributed by atoms with Gasteiger partial charge < -0.3 is 15.4 Å². The van der Waals surface area contributed by atoms with Gasteiger partial charge in [0, 0.05) is 11.4 Å². The zero-order chi connectivity index (χ0) is 20.5. The third-order valence-electron chi connectivity index (χ3n) is 3.35. The molecule has 2 rings (SSSR count). The van der Waals surface area contributed by atoms with E-state index in [2.05, 4.69) is 10.6 Å². The van der Waals surface area contributed by atoms with Crippen LogP contribution in [-0.4, -0.2) is 35.9 Å². The van der Waals surface area contributed by atoms with Gasteiger partial charge in [0.1, 0.15) is 5.82 Å². The molecule has 0 saturated carbocycles. The smallest absolute Gasteiger partial charge is 0.338 e. The molecule has 2 N–H and O–H groups in total. The summed E-state index contributed by atoms with van der Waals surface area (Å²) >= 11 is 6.78. The lowest BCUT2D eigenvalue weighted by molar-refractivity contribution is -0.114. The number of hydrogen-bond donors (Lipinski definition) is 2. The van der Waals surface area contributed by atoms with Crippen molar-refractivity contribution in [3.05, 3.63) is 58.9 Å². The maximum absolute atomic E-state index is 13.1. The summed E-state index contributed by atoms with van der Waals surface area (Å²) in [5.41, 5.74) is 1.30. The Hall–Kier alpha value is -2.58. The van der Waals surface area contributed by atoms with Gasteiger partial charge >= 0.3 is 5.97 Å². The van der Waals surface area contributed by atoms with Crippen molar-refractivity contribution in [1.29, 1.82) is 0 Å². The number of rotatable bonds is 8. The third-order valence-corrected chi connectivity index (χ3v) is 4.57. The molecule has 0 heterocycles. The Morgan fingerprint density at radius 3 is 2.14 bits per heavy atom. The quantitative estimate of drug-likeness (QED) is 0.626. The molecule has 0 spiro atoms. The summed E-state index contributed by atoms with van der Waals surface area (Å²) in [4.78, 5) is 35.4. The average molecular weight is 425 g/mol. The Balaban J connectivity index is 1.74. The number of nitrogens with one attached hydrogen (secondary N) is 2. The molecule has 9 heteroatoms. The first kappa shape index (κ1) is 21.7. The lowest BCUT2D eigenvalue weighted by atomic mass is 10.2. The van der Waals surface area contributed by atoms with E-state index in [4.69, 9.17) is 16.3 Å². The normalized spacial score (nSPS) is 10.2. The van der Waals surface area contributed by atoms with Crippen LogP contribution in [0.5, 0.6) is 0 Å². The Morgan fingerprint density at radius 1 is 1.00 bits per heavy atom. The van der Waals surface area contributed by atoms with Crippen molar-refractivity contribution in [3.8, 4) is 0 Å². The number of ether oxygens (including phenoxy) is 1. The molecule has 2 aromatic rings. The first-order chi connectivity index (χ1) is 13.4. The molecule has 0 aliphatic carbocycles.